The second kappa shape index (κ2) is 5.87. The third kappa shape index (κ3) is 3.13. The highest BCUT2D eigenvalue weighted by Crippen LogP contribution is 2.21. The zero-order valence-electron chi connectivity index (χ0n) is 11.1. The van der Waals surface area contributed by atoms with Gasteiger partial charge in [-0.3, -0.25) is 0 Å². The van der Waals surface area contributed by atoms with Crippen LogP contribution in [0.1, 0.15) is 32.6 Å². The highest BCUT2D eigenvalue weighted by molar-refractivity contribution is 7.80. The maximum absolute atomic E-state index is 12.3. The smallest absolute Gasteiger partial charge is 0.319 e. The summed E-state index contributed by atoms with van der Waals surface area (Å²) in [5.41, 5.74) is 5.66. The number of likely N-dealkylation sites (tertiary alicyclic amines) is 2. The van der Waals surface area contributed by atoms with E-state index in [4.69, 9.17) is 18.0 Å². The Kier molecular flexibility index (Phi) is 4.43. The number of rotatable bonds is 1. The van der Waals surface area contributed by atoms with E-state index in [0.29, 0.717) is 10.9 Å². The van der Waals surface area contributed by atoms with E-state index in [1.165, 1.54) is 0 Å². The van der Waals surface area contributed by atoms with Crippen LogP contribution in [-0.4, -0.2) is 47.0 Å². The van der Waals surface area contributed by atoms with E-state index in [9.17, 15) is 4.79 Å². The second-order valence-corrected chi connectivity index (χ2v) is 6.09. The Balaban J connectivity index is 1.82. The molecule has 2 aliphatic heterocycles. The van der Waals surface area contributed by atoms with E-state index in [0.717, 1.165) is 57.8 Å². The molecule has 0 aliphatic carbocycles. The number of nitrogens with zero attached hydrogens (tertiary/aromatic N) is 2. The van der Waals surface area contributed by atoms with Gasteiger partial charge in [0, 0.05) is 32.1 Å². The highest BCUT2D eigenvalue weighted by Gasteiger charge is 2.28. The molecule has 102 valence electrons. The van der Waals surface area contributed by atoms with Gasteiger partial charge in [0.1, 0.15) is 0 Å². The van der Waals surface area contributed by atoms with Crippen molar-refractivity contribution in [2.45, 2.75) is 32.6 Å². The average Bonchev–Trinajstić information content (AvgIpc) is 2.39. The van der Waals surface area contributed by atoms with E-state index in [2.05, 4.69) is 6.92 Å². The fourth-order valence-corrected chi connectivity index (χ4v) is 2.99. The van der Waals surface area contributed by atoms with Crippen LogP contribution in [0, 0.1) is 11.8 Å². The van der Waals surface area contributed by atoms with Crippen molar-refractivity contribution in [1.29, 1.82) is 0 Å². The molecule has 0 bridgehead atoms. The molecule has 2 aliphatic rings. The van der Waals surface area contributed by atoms with Crippen molar-refractivity contribution in [2.24, 2.45) is 17.6 Å². The lowest BCUT2D eigenvalue weighted by atomic mass is 9.96. The molecule has 0 aromatic rings. The normalized spacial score (nSPS) is 23.2. The Hall–Kier alpha value is -0.840. The molecule has 0 radical (unpaired) electrons. The Morgan fingerprint density at radius 1 is 1.06 bits per heavy atom. The van der Waals surface area contributed by atoms with Gasteiger partial charge in [-0.2, -0.15) is 0 Å². The van der Waals surface area contributed by atoms with Gasteiger partial charge in [-0.05, 0) is 31.6 Å². The molecule has 0 aromatic carbocycles. The zero-order valence-corrected chi connectivity index (χ0v) is 11.9. The Morgan fingerprint density at radius 3 is 1.94 bits per heavy atom. The predicted octanol–water partition coefficient (Wildman–Crippen LogP) is 1.84. The molecular weight excluding hydrogens is 246 g/mol. The largest absolute Gasteiger partial charge is 0.393 e. The van der Waals surface area contributed by atoms with Gasteiger partial charge < -0.3 is 15.5 Å². The van der Waals surface area contributed by atoms with Gasteiger partial charge >= 0.3 is 6.03 Å². The van der Waals surface area contributed by atoms with Crippen molar-refractivity contribution in [3.05, 3.63) is 0 Å². The first kappa shape index (κ1) is 13.6. The number of piperidine rings is 2. The molecule has 0 atom stereocenters. The minimum atomic E-state index is 0.211. The van der Waals surface area contributed by atoms with Gasteiger partial charge in [-0.1, -0.05) is 19.1 Å². The summed E-state index contributed by atoms with van der Waals surface area (Å²) in [6.45, 7) is 5.68. The first-order valence-corrected chi connectivity index (χ1v) is 7.32. The third-order valence-corrected chi connectivity index (χ3v) is 4.56. The summed E-state index contributed by atoms with van der Waals surface area (Å²) in [4.78, 5) is 16.9. The highest BCUT2D eigenvalue weighted by atomic mass is 32.1. The number of carbonyl (C=O) groups excluding carboxylic acids is 1. The molecular formula is C13H23N3OS. The number of thiocarbonyl (C=S) groups is 1. The summed E-state index contributed by atoms with van der Waals surface area (Å²) in [5.74, 6) is 1.08. The van der Waals surface area contributed by atoms with E-state index in [-0.39, 0.29) is 6.03 Å². The SMILES string of the molecule is CC1CCN(C(=O)N2CCC(C(N)=S)CC2)CC1. The van der Waals surface area contributed by atoms with Crippen molar-refractivity contribution in [2.75, 3.05) is 26.2 Å². The van der Waals surface area contributed by atoms with Gasteiger partial charge in [0.15, 0.2) is 0 Å². The summed E-state index contributed by atoms with van der Waals surface area (Å²) in [5, 5.41) is 0. The fourth-order valence-electron chi connectivity index (χ4n) is 2.76. The Bertz CT molecular complexity index is 318. The minimum absolute atomic E-state index is 0.211. The molecule has 2 saturated heterocycles. The summed E-state index contributed by atoms with van der Waals surface area (Å²) in [6.07, 6.45) is 4.11. The molecule has 2 N–H and O–H groups in total. The van der Waals surface area contributed by atoms with Crippen molar-refractivity contribution in [3.8, 4) is 0 Å². The summed E-state index contributed by atoms with van der Waals surface area (Å²) >= 11 is 5.02. The van der Waals surface area contributed by atoms with E-state index in [1.807, 2.05) is 9.80 Å². The molecule has 18 heavy (non-hydrogen) atoms. The lowest BCUT2D eigenvalue weighted by Gasteiger charge is -2.38. The van der Waals surface area contributed by atoms with Crippen LogP contribution in [0.2, 0.25) is 0 Å². The molecule has 2 fully saturated rings. The van der Waals surface area contributed by atoms with Crippen LogP contribution in [0.5, 0.6) is 0 Å². The van der Waals surface area contributed by atoms with Crippen LogP contribution in [0.4, 0.5) is 4.79 Å². The predicted molar refractivity (Wildman–Crippen MR) is 76.4 cm³/mol. The van der Waals surface area contributed by atoms with Crippen molar-refractivity contribution >= 4 is 23.2 Å². The van der Waals surface area contributed by atoms with Crippen LogP contribution in [0.25, 0.3) is 0 Å². The second-order valence-electron chi connectivity index (χ2n) is 5.62. The number of amides is 2. The number of urea groups is 1. The first-order chi connectivity index (χ1) is 8.58. The van der Waals surface area contributed by atoms with Gasteiger partial charge in [0.05, 0.1) is 4.99 Å². The number of hydrogen-bond donors (Lipinski definition) is 1. The van der Waals surface area contributed by atoms with Crippen molar-refractivity contribution in [3.63, 3.8) is 0 Å². The summed E-state index contributed by atoms with van der Waals surface area (Å²) in [7, 11) is 0. The molecule has 4 nitrogen and oxygen atoms in total. The van der Waals surface area contributed by atoms with Gasteiger partial charge in [-0.15, -0.1) is 0 Å². The minimum Gasteiger partial charge on any atom is -0.393 e. The van der Waals surface area contributed by atoms with Gasteiger partial charge in [0.2, 0.25) is 0 Å². The average molecular weight is 269 g/mol. The molecule has 2 heterocycles. The maximum atomic E-state index is 12.3. The Labute approximate surface area is 114 Å². The quantitative estimate of drug-likeness (QED) is 0.739. The van der Waals surface area contributed by atoms with Crippen LogP contribution in [0.15, 0.2) is 0 Å². The topological polar surface area (TPSA) is 49.6 Å². The van der Waals surface area contributed by atoms with E-state index < -0.39 is 0 Å². The van der Waals surface area contributed by atoms with Crippen LogP contribution < -0.4 is 5.73 Å². The van der Waals surface area contributed by atoms with Crippen LogP contribution in [-0.2, 0) is 0 Å². The monoisotopic (exact) mass is 269 g/mol. The van der Waals surface area contributed by atoms with E-state index in [1.54, 1.807) is 0 Å². The van der Waals surface area contributed by atoms with Crippen LogP contribution >= 0.6 is 12.2 Å². The first-order valence-electron chi connectivity index (χ1n) is 6.91. The van der Waals surface area contributed by atoms with Crippen LogP contribution in [0.3, 0.4) is 0 Å². The summed E-state index contributed by atoms with van der Waals surface area (Å²) in [6, 6.07) is 0.211. The number of nitrogens with two attached hydrogens (primary N) is 1. The van der Waals surface area contributed by atoms with Crippen molar-refractivity contribution < 1.29 is 4.79 Å². The van der Waals surface area contributed by atoms with Crippen molar-refractivity contribution in [1.82, 2.24) is 9.80 Å². The molecule has 0 saturated carbocycles. The molecule has 5 heteroatoms. The zero-order chi connectivity index (χ0) is 13.1. The van der Waals surface area contributed by atoms with E-state index >= 15 is 0 Å². The lowest BCUT2D eigenvalue weighted by Crippen LogP contribution is -2.49. The Morgan fingerprint density at radius 2 is 1.50 bits per heavy atom. The molecule has 0 unspecified atom stereocenters. The molecule has 0 aromatic heterocycles. The van der Waals surface area contributed by atoms with Gasteiger partial charge in [0.25, 0.3) is 0 Å². The number of carbonyl (C=O) groups is 1. The maximum Gasteiger partial charge on any atom is 0.319 e. The number of hydrogen-bond acceptors (Lipinski definition) is 2. The molecule has 0 spiro atoms. The lowest BCUT2D eigenvalue weighted by molar-refractivity contribution is 0.123. The molecule has 2 rings (SSSR count). The fraction of sp³-hybridized carbons (Fsp3) is 0.846. The summed E-state index contributed by atoms with van der Waals surface area (Å²) < 4.78 is 0. The van der Waals surface area contributed by atoms with Gasteiger partial charge in [-0.25, -0.2) is 4.79 Å². The standard InChI is InChI=1S/C13H23N3OS/c1-10-2-6-15(7-3-10)13(17)16-8-4-11(5-9-16)12(14)18/h10-11H,2-9H2,1H3,(H2,14,18). The third-order valence-electron chi connectivity index (χ3n) is 4.22. The molecule has 2 amide bonds.